The molecule has 2 atom stereocenters. The molecule has 1 fully saturated rings. The topological polar surface area (TPSA) is 114 Å². The molecule has 1 aliphatic heterocycles. The first kappa shape index (κ1) is 26.2. The molecule has 1 aliphatic rings. The van der Waals surface area contributed by atoms with Gasteiger partial charge in [-0.2, -0.15) is 5.10 Å². The molecule has 3 aromatic rings. The van der Waals surface area contributed by atoms with Crippen molar-refractivity contribution in [1.29, 1.82) is 0 Å². The van der Waals surface area contributed by atoms with Crippen molar-refractivity contribution in [2.24, 2.45) is 0 Å². The predicted octanol–water partition coefficient (Wildman–Crippen LogP) is 3.92. The molecule has 0 aliphatic carbocycles. The number of hydrogen-bond donors (Lipinski definition) is 1. The highest BCUT2D eigenvalue weighted by Crippen LogP contribution is 2.25. The molecule has 11 heteroatoms. The van der Waals surface area contributed by atoms with Crippen molar-refractivity contribution in [3.63, 3.8) is 0 Å². The molecule has 0 bridgehead atoms. The third kappa shape index (κ3) is 5.92. The number of ether oxygens (including phenoxy) is 2. The van der Waals surface area contributed by atoms with E-state index in [2.05, 4.69) is 25.5 Å². The minimum Gasteiger partial charge on any atom is -0.491 e. The monoisotopic (exact) mass is 509 g/mol. The molecule has 198 valence electrons. The van der Waals surface area contributed by atoms with Crippen molar-refractivity contribution in [3.8, 4) is 5.75 Å². The summed E-state index contributed by atoms with van der Waals surface area (Å²) in [6.45, 7) is 14.9. The Morgan fingerprint density at radius 2 is 1.81 bits per heavy atom. The molecule has 0 aromatic carbocycles. The van der Waals surface area contributed by atoms with Crippen molar-refractivity contribution in [1.82, 2.24) is 24.7 Å². The fourth-order valence-corrected chi connectivity index (χ4v) is 4.52. The highest BCUT2D eigenvalue weighted by Gasteiger charge is 2.36. The van der Waals surface area contributed by atoms with Crippen LogP contribution in [0.25, 0.3) is 5.52 Å². The number of carbonyl (C=O) groups is 2. The number of pyridine rings is 1. The van der Waals surface area contributed by atoms with Crippen LogP contribution in [0.3, 0.4) is 0 Å². The zero-order chi connectivity index (χ0) is 26.9. The number of nitrogens with zero attached hydrogens (tertiary/aromatic N) is 6. The van der Waals surface area contributed by atoms with Crippen molar-refractivity contribution in [2.75, 3.05) is 29.9 Å². The number of amides is 2. The Morgan fingerprint density at radius 3 is 2.41 bits per heavy atom. The molecule has 11 nitrogen and oxygen atoms in total. The van der Waals surface area contributed by atoms with Crippen LogP contribution >= 0.6 is 0 Å². The zero-order valence-corrected chi connectivity index (χ0v) is 22.5. The van der Waals surface area contributed by atoms with E-state index in [0.29, 0.717) is 42.6 Å². The molecule has 4 rings (SSSR count). The van der Waals surface area contributed by atoms with Gasteiger partial charge in [-0.1, -0.05) is 0 Å². The third-order valence-electron chi connectivity index (χ3n) is 5.97. The highest BCUT2D eigenvalue weighted by molar-refractivity contribution is 6.06. The lowest BCUT2D eigenvalue weighted by atomic mass is 10.1. The second-order valence-corrected chi connectivity index (χ2v) is 10.4. The SMILES string of the molecule is CCOc1cn2nc(C)cc2cc1C(=O)Nc1ccc(N2C[C@@H](C)N(C(=O)OC(C)(C)C)[C@@H](C)C2)nn1. The summed E-state index contributed by atoms with van der Waals surface area (Å²) in [6.07, 6.45) is 1.39. The fourth-order valence-electron chi connectivity index (χ4n) is 4.52. The van der Waals surface area contributed by atoms with Crippen molar-refractivity contribution in [2.45, 2.75) is 66.2 Å². The number of hydrogen-bond acceptors (Lipinski definition) is 8. The summed E-state index contributed by atoms with van der Waals surface area (Å²) in [7, 11) is 0. The number of anilines is 2. The van der Waals surface area contributed by atoms with Crippen LogP contribution in [-0.2, 0) is 4.74 Å². The van der Waals surface area contributed by atoms with Crippen LogP contribution < -0.4 is 15.0 Å². The van der Waals surface area contributed by atoms with Gasteiger partial charge in [0.05, 0.1) is 41.7 Å². The molecular formula is C26H35N7O4. The van der Waals surface area contributed by atoms with E-state index in [1.54, 1.807) is 27.7 Å². The van der Waals surface area contributed by atoms with Crippen LogP contribution in [0.2, 0.25) is 0 Å². The Kier molecular flexibility index (Phi) is 7.24. The van der Waals surface area contributed by atoms with E-state index in [-0.39, 0.29) is 24.1 Å². The van der Waals surface area contributed by atoms with Gasteiger partial charge in [0.2, 0.25) is 0 Å². The first-order valence-corrected chi connectivity index (χ1v) is 12.5. The number of rotatable bonds is 5. The van der Waals surface area contributed by atoms with E-state index in [0.717, 1.165) is 11.2 Å². The molecule has 0 spiro atoms. The van der Waals surface area contributed by atoms with Gasteiger partial charge in [-0.3, -0.25) is 9.69 Å². The maximum Gasteiger partial charge on any atom is 0.410 e. The highest BCUT2D eigenvalue weighted by atomic mass is 16.6. The maximum absolute atomic E-state index is 13.1. The lowest BCUT2D eigenvalue weighted by Crippen LogP contribution is -2.59. The second kappa shape index (κ2) is 10.2. The van der Waals surface area contributed by atoms with Gasteiger partial charge in [0, 0.05) is 13.1 Å². The van der Waals surface area contributed by atoms with Gasteiger partial charge in [0.15, 0.2) is 11.6 Å². The first-order valence-electron chi connectivity index (χ1n) is 12.5. The van der Waals surface area contributed by atoms with Gasteiger partial charge < -0.3 is 19.7 Å². The molecule has 1 N–H and O–H groups in total. The minimum absolute atomic E-state index is 0.0705. The summed E-state index contributed by atoms with van der Waals surface area (Å²) in [6, 6.07) is 7.04. The zero-order valence-electron chi connectivity index (χ0n) is 22.5. The van der Waals surface area contributed by atoms with Gasteiger partial charge >= 0.3 is 6.09 Å². The Labute approximate surface area is 216 Å². The molecule has 0 radical (unpaired) electrons. The summed E-state index contributed by atoms with van der Waals surface area (Å²) >= 11 is 0. The summed E-state index contributed by atoms with van der Waals surface area (Å²) in [5.41, 5.74) is 1.48. The summed E-state index contributed by atoms with van der Waals surface area (Å²) in [5.74, 6) is 1.09. The lowest BCUT2D eigenvalue weighted by molar-refractivity contribution is 0.00559. The number of nitrogens with one attached hydrogen (secondary N) is 1. The van der Waals surface area contributed by atoms with Crippen LogP contribution in [0.5, 0.6) is 5.75 Å². The third-order valence-corrected chi connectivity index (χ3v) is 5.97. The van der Waals surface area contributed by atoms with Gasteiger partial charge in [-0.25, -0.2) is 9.31 Å². The molecule has 37 heavy (non-hydrogen) atoms. The molecule has 0 saturated carbocycles. The number of aromatic nitrogens is 4. The minimum atomic E-state index is -0.549. The molecular weight excluding hydrogens is 474 g/mol. The second-order valence-electron chi connectivity index (χ2n) is 10.4. The number of aryl methyl sites for hydroxylation is 1. The number of fused-ring (bicyclic) bond motifs is 1. The Balaban J connectivity index is 1.45. The van der Waals surface area contributed by atoms with Crippen LogP contribution in [0.15, 0.2) is 30.5 Å². The van der Waals surface area contributed by atoms with Gasteiger partial charge in [0.1, 0.15) is 11.4 Å². The quantitative estimate of drug-likeness (QED) is 0.551. The van der Waals surface area contributed by atoms with Crippen LogP contribution in [0, 0.1) is 6.92 Å². The van der Waals surface area contributed by atoms with Crippen molar-refractivity contribution < 1.29 is 19.1 Å². The smallest absolute Gasteiger partial charge is 0.410 e. The number of carbonyl (C=O) groups excluding carboxylic acids is 2. The molecule has 3 aromatic heterocycles. The predicted molar refractivity (Wildman–Crippen MR) is 140 cm³/mol. The normalized spacial score (nSPS) is 18.1. The average molecular weight is 510 g/mol. The Hall–Kier alpha value is -3.89. The summed E-state index contributed by atoms with van der Waals surface area (Å²) < 4.78 is 13.0. The maximum atomic E-state index is 13.1. The van der Waals surface area contributed by atoms with Crippen molar-refractivity contribution >= 4 is 29.2 Å². The largest absolute Gasteiger partial charge is 0.491 e. The first-order chi connectivity index (χ1) is 17.4. The molecule has 2 amide bonds. The van der Waals surface area contributed by atoms with Crippen LogP contribution in [0.4, 0.5) is 16.4 Å². The van der Waals surface area contributed by atoms with E-state index < -0.39 is 5.60 Å². The lowest BCUT2D eigenvalue weighted by Gasteiger charge is -2.44. The van der Waals surface area contributed by atoms with Gasteiger partial charge in [-0.05, 0) is 72.7 Å². The average Bonchev–Trinajstić information content (AvgIpc) is 3.16. The van der Waals surface area contributed by atoms with Gasteiger partial charge in [-0.15, -0.1) is 10.2 Å². The van der Waals surface area contributed by atoms with Gasteiger partial charge in [0.25, 0.3) is 5.91 Å². The van der Waals surface area contributed by atoms with E-state index in [9.17, 15) is 9.59 Å². The Bertz CT molecular complexity index is 1270. The van der Waals surface area contributed by atoms with E-state index >= 15 is 0 Å². The molecule has 4 heterocycles. The molecule has 0 unspecified atom stereocenters. The summed E-state index contributed by atoms with van der Waals surface area (Å²) in [4.78, 5) is 29.6. The Morgan fingerprint density at radius 1 is 1.11 bits per heavy atom. The van der Waals surface area contributed by atoms with Crippen LogP contribution in [0.1, 0.15) is 57.6 Å². The van der Waals surface area contributed by atoms with Crippen molar-refractivity contribution in [3.05, 3.63) is 41.7 Å². The number of piperazine rings is 1. The summed E-state index contributed by atoms with van der Waals surface area (Å²) in [5, 5.41) is 15.8. The van der Waals surface area contributed by atoms with Crippen LogP contribution in [-0.4, -0.2) is 74.1 Å². The molecule has 1 saturated heterocycles. The van der Waals surface area contributed by atoms with E-state index in [1.807, 2.05) is 60.6 Å². The fraction of sp³-hybridized carbons (Fsp3) is 0.500. The van der Waals surface area contributed by atoms with E-state index in [4.69, 9.17) is 9.47 Å². The standard InChI is InChI=1S/C26H35N7O4/c1-8-36-21-15-32-19(11-16(2)30-32)12-20(21)24(34)27-22-9-10-23(29-28-22)31-13-17(3)33(18(4)14-31)25(35)37-26(5,6)7/h9-12,15,17-18H,8,13-14H2,1-7H3,(H,27,28,34)/t17-,18+. The van der Waals surface area contributed by atoms with E-state index in [1.165, 1.54) is 0 Å².